The van der Waals surface area contributed by atoms with Crippen LogP contribution < -0.4 is 19.5 Å². The number of aliphatic hydroxyl groups excluding tert-OH is 3. The summed E-state index contributed by atoms with van der Waals surface area (Å²) in [5.74, 6) is -5.45. The van der Waals surface area contributed by atoms with Crippen LogP contribution in [-0.4, -0.2) is 209 Å². The number of methoxy groups -OCH3 is 2. The summed E-state index contributed by atoms with van der Waals surface area (Å²) in [6.07, 6.45) is -6.87. The van der Waals surface area contributed by atoms with Crippen LogP contribution in [0.15, 0.2) is 42.6 Å². The number of imide groups is 1. The van der Waals surface area contributed by atoms with Crippen LogP contribution in [0.3, 0.4) is 0 Å². The number of Topliss-reactive ketones (excluding diaryl/α,β-unsaturated/α-hetero) is 1. The second-order valence-electron chi connectivity index (χ2n) is 20.1. The van der Waals surface area contributed by atoms with E-state index in [2.05, 4.69) is 15.6 Å². The molecule has 2 bridgehead atoms. The molecule has 1 spiro atoms. The molecule has 28 heteroatoms. The van der Waals surface area contributed by atoms with Gasteiger partial charge >= 0.3 is 12.1 Å². The first-order valence-electron chi connectivity index (χ1n) is 26.1. The number of carboxylic acid groups (broad SMARTS) is 1. The fourth-order valence-corrected chi connectivity index (χ4v) is 11.3. The first-order valence-corrected chi connectivity index (χ1v) is 26.1. The van der Waals surface area contributed by atoms with E-state index in [9.17, 15) is 49.5 Å². The number of phenols is 1. The number of fused-ring (bicyclic) bond motifs is 8. The second-order valence-corrected chi connectivity index (χ2v) is 20.1. The van der Waals surface area contributed by atoms with Gasteiger partial charge in [-0.05, 0) is 49.1 Å². The number of aryl methyl sites for hydroxylation is 1. The third-order valence-electron chi connectivity index (χ3n) is 15.3. The van der Waals surface area contributed by atoms with Crippen LogP contribution >= 0.6 is 0 Å². The molecule has 3 amide bonds. The molecule has 81 heavy (non-hydrogen) atoms. The summed E-state index contributed by atoms with van der Waals surface area (Å²) in [5.41, 5.74) is 1.54. The highest BCUT2D eigenvalue weighted by Gasteiger charge is 2.91. The molecular formula is C53H59N5O23. The number of benzene rings is 3. The number of nitrogens with one attached hydrogen (secondary N) is 1. The molecule has 4 aromatic rings. The number of aliphatic hydroxyl groups is 3. The Hall–Kier alpha value is -6.93. The second kappa shape index (κ2) is 22.4. The molecule has 1 aliphatic carbocycles. The van der Waals surface area contributed by atoms with Crippen molar-refractivity contribution in [1.82, 2.24) is 25.2 Å². The number of aliphatic carboxylic acids is 1. The van der Waals surface area contributed by atoms with Gasteiger partial charge in [0.15, 0.2) is 18.0 Å². The zero-order chi connectivity index (χ0) is 57.0. The fourth-order valence-electron chi connectivity index (χ4n) is 11.3. The van der Waals surface area contributed by atoms with Gasteiger partial charge in [-0.25, -0.2) is 14.3 Å². The summed E-state index contributed by atoms with van der Waals surface area (Å²) in [6.45, 7) is 3.06. The van der Waals surface area contributed by atoms with E-state index in [1.807, 2.05) is 13.0 Å². The molecule has 0 radical (unpaired) electrons. The highest BCUT2D eigenvalue weighted by molar-refractivity contribution is 6.13. The Morgan fingerprint density at radius 3 is 2.30 bits per heavy atom. The average Bonchev–Trinajstić information content (AvgIpc) is 2.34. The van der Waals surface area contributed by atoms with Crippen LogP contribution in [0, 0.1) is 6.92 Å². The summed E-state index contributed by atoms with van der Waals surface area (Å²) in [7, 11) is 2.95. The van der Waals surface area contributed by atoms with E-state index in [-0.39, 0.29) is 137 Å². The van der Waals surface area contributed by atoms with E-state index in [4.69, 9.17) is 61.6 Å². The van der Waals surface area contributed by atoms with Gasteiger partial charge < -0.3 is 92.4 Å². The van der Waals surface area contributed by atoms with E-state index in [0.29, 0.717) is 46.4 Å². The SMILES string of the molecule is COc1c2c(c(O)c3c4c(c(C)cc13)[C@@H]1O[C@]3(CNC(=O)OCc5ccc(O[C@@H]6O[C@H](C(=O)O)[C@@H](O)[C@H](O)[C@H]6O)c(-n6cc(COCCOCCOCCOCCN7C(=O)C=CC7=O)nn6)c5)O[C@H]1[C@@](OC)(O4)[C@@]31CO1)C(=O)CCC2. The van der Waals surface area contributed by atoms with E-state index in [0.717, 1.165) is 10.5 Å². The van der Waals surface area contributed by atoms with Crippen LogP contribution in [-0.2, 0) is 81.4 Å². The van der Waals surface area contributed by atoms with Gasteiger partial charge in [0.1, 0.15) is 65.4 Å². The molecule has 0 unspecified atom stereocenters. The lowest BCUT2D eigenvalue weighted by Crippen LogP contribution is -2.69. The van der Waals surface area contributed by atoms with Crippen molar-refractivity contribution in [2.24, 2.45) is 0 Å². The summed E-state index contributed by atoms with van der Waals surface area (Å²) < 4.78 is 79.0. The zero-order valence-electron chi connectivity index (χ0n) is 44.1. The standard InChI is InChI=1S/C53H59N5O23/c1-26-19-30-38(39(62)37-29(43(30)69-2)5-4-6-32(37)59)44-36(26)45-47-53(70-3,80-44)51(25-76-51)52(79-45,81-47)24-54-50(68)75-22-27-7-8-33(77-49-42(65)40(63)41(64)46(78-49)48(66)67)31(20-27)58-21-28(55-56-58)23-74-18-17-73-16-15-72-14-13-71-12-11-57-34(60)9-10-35(57)61/h7-10,19-21,40-42,45-47,49,62-65H,4-6,11-18,22-25H2,1-3H3,(H,54,68)(H,66,67)/t40-,41-,42+,45-,46-,47+,49+,51+,52+,53+/m0/s1. The van der Waals surface area contributed by atoms with Crippen LogP contribution in [0.5, 0.6) is 23.0 Å². The van der Waals surface area contributed by atoms with Crippen LogP contribution in [0.4, 0.5) is 4.79 Å². The smallest absolute Gasteiger partial charge is 0.407 e. The number of ketones is 1. The minimum Gasteiger partial charge on any atom is -0.506 e. The molecule has 6 N–H and O–H groups in total. The molecule has 0 saturated carbocycles. The first kappa shape index (κ1) is 56.0. The number of nitrogens with zero attached hydrogens (tertiary/aromatic N) is 4. The van der Waals surface area contributed by atoms with Gasteiger partial charge in [-0.3, -0.25) is 19.3 Å². The minimum atomic E-state index is -1.97. The average molecular weight is 1130 g/mol. The molecule has 4 fully saturated rings. The topological polar surface area (TPSA) is 356 Å². The lowest BCUT2D eigenvalue weighted by atomic mass is 9.78. The number of hydrogen-bond donors (Lipinski definition) is 6. The number of aromatic nitrogens is 3. The predicted octanol–water partition coefficient (Wildman–Crippen LogP) is 0.321. The molecule has 434 valence electrons. The number of rotatable bonds is 24. The lowest BCUT2D eigenvalue weighted by molar-refractivity contribution is -0.287. The van der Waals surface area contributed by atoms with Crippen molar-refractivity contribution in [3.63, 3.8) is 0 Å². The van der Waals surface area contributed by atoms with E-state index in [1.165, 1.54) is 55.4 Å². The number of carbonyl (C=O) groups excluding carboxylic acids is 4. The van der Waals surface area contributed by atoms with E-state index >= 15 is 0 Å². The third kappa shape index (κ3) is 9.80. The van der Waals surface area contributed by atoms with Gasteiger partial charge in [-0.15, -0.1) is 5.10 Å². The quantitative estimate of drug-likeness (QED) is 0.0313. The Morgan fingerprint density at radius 2 is 1.60 bits per heavy atom. The summed E-state index contributed by atoms with van der Waals surface area (Å²) in [4.78, 5) is 63.1. The van der Waals surface area contributed by atoms with E-state index < -0.39 is 72.2 Å². The summed E-state index contributed by atoms with van der Waals surface area (Å²) in [6, 6.07) is 6.27. The monoisotopic (exact) mass is 1130 g/mol. The number of phenolic OH excluding ortho intramolecular Hbond substituents is 1. The highest BCUT2D eigenvalue weighted by Crippen LogP contribution is 2.71. The van der Waals surface area contributed by atoms with Gasteiger partial charge in [0, 0.05) is 42.2 Å². The van der Waals surface area contributed by atoms with Gasteiger partial charge in [0.2, 0.25) is 17.7 Å². The largest absolute Gasteiger partial charge is 0.506 e. The molecule has 7 aliphatic rings. The number of ether oxygens (including phenoxy) is 13. The van der Waals surface area contributed by atoms with Crippen LogP contribution in [0.25, 0.3) is 16.5 Å². The number of amides is 3. The third-order valence-corrected chi connectivity index (χ3v) is 15.3. The van der Waals surface area contributed by atoms with E-state index in [1.54, 1.807) is 0 Å². The summed E-state index contributed by atoms with van der Waals surface area (Å²) in [5, 5.41) is 65.0. The Balaban J connectivity index is 0.729. The lowest BCUT2D eigenvalue weighted by Gasteiger charge is -2.48. The fraction of sp³-hybridized carbons (Fsp3) is 0.528. The maximum absolute atomic E-state index is 13.6. The van der Waals surface area contributed by atoms with Crippen molar-refractivity contribution < 1.29 is 111 Å². The maximum Gasteiger partial charge on any atom is 0.407 e. The van der Waals surface area contributed by atoms with Gasteiger partial charge in [0.25, 0.3) is 17.6 Å². The Labute approximate surface area is 460 Å². The Kier molecular flexibility index (Phi) is 15.5. The predicted molar refractivity (Wildman–Crippen MR) is 267 cm³/mol. The summed E-state index contributed by atoms with van der Waals surface area (Å²) >= 11 is 0. The Morgan fingerprint density at radius 1 is 0.889 bits per heavy atom. The Bertz CT molecular complexity index is 3150. The van der Waals surface area contributed by atoms with Crippen molar-refractivity contribution in [2.45, 2.75) is 99.5 Å². The van der Waals surface area contributed by atoms with Crippen LogP contribution in [0.2, 0.25) is 0 Å². The van der Waals surface area contributed by atoms with Crippen molar-refractivity contribution in [1.29, 1.82) is 0 Å². The van der Waals surface area contributed by atoms with Gasteiger partial charge in [0.05, 0.1) is 96.8 Å². The minimum absolute atomic E-state index is 0.0121. The van der Waals surface area contributed by atoms with Crippen molar-refractivity contribution in [3.05, 3.63) is 76.1 Å². The van der Waals surface area contributed by atoms with Crippen molar-refractivity contribution in [2.75, 3.05) is 80.2 Å². The van der Waals surface area contributed by atoms with Gasteiger partial charge in [-0.2, -0.15) is 0 Å². The number of alkyl carbamates (subject to hydrolysis) is 1. The van der Waals surface area contributed by atoms with Crippen LogP contribution in [0.1, 0.15) is 57.3 Å². The molecule has 28 nitrogen and oxygen atoms in total. The first-order chi connectivity index (χ1) is 39.1. The molecule has 3 aromatic carbocycles. The number of epoxide rings is 1. The molecule has 11 rings (SSSR count). The number of hydrogen-bond acceptors (Lipinski definition) is 24. The highest BCUT2D eigenvalue weighted by atomic mass is 16.9. The number of carbonyl (C=O) groups is 5. The maximum atomic E-state index is 13.6. The normalized spacial score (nSPS) is 28.6. The van der Waals surface area contributed by atoms with Crippen molar-refractivity contribution >= 4 is 40.4 Å². The molecule has 7 heterocycles. The molecule has 6 aliphatic heterocycles. The van der Waals surface area contributed by atoms with Gasteiger partial charge in [-0.1, -0.05) is 11.3 Å². The molecular weight excluding hydrogens is 1070 g/mol. The zero-order valence-corrected chi connectivity index (χ0v) is 44.1. The number of aromatic hydroxyl groups is 1. The molecule has 1 aromatic heterocycles. The molecule has 10 atom stereocenters. The number of carboxylic acids is 1. The van der Waals surface area contributed by atoms with Crippen molar-refractivity contribution in [3.8, 4) is 28.7 Å². The molecule has 4 saturated heterocycles.